The molecule has 0 aromatic rings. The van der Waals surface area contributed by atoms with Gasteiger partial charge in [-0.05, 0) is 49.9 Å². The molecule has 70 valence electrons. The van der Waals surface area contributed by atoms with Gasteiger partial charge in [-0.1, -0.05) is 13.8 Å². The standard InChI is InChI=1S/C11H20O/c1-9(2)10-3-6-11(12,7-4-10)8-5-10/h9,12H,3-8H2,1-2H3. The van der Waals surface area contributed by atoms with Crippen molar-refractivity contribution < 1.29 is 5.11 Å². The van der Waals surface area contributed by atoms with Crippen LogP contribution in [0, 0.1) is 11.3 Å². The Bertz CT molecular complexity index is 159. The summed E-state index contributed by atoms with van der Waals surface area (Å²) in [5.74, 6) is 0.808. The minimum atomic E-state index is -0.253. The Kier molecular flexibility index (Phi) is 1.76. The second-order valence-electron chi connectivity index (χ2n) is 5.24. The number of hydrogen-bond acceptors (Lipinski definition) is 1. The van der Waals surface area contributed by atoms with Gasteiger partial charge >= 0.3 is 0 Å². The fraction of sp³-hybridized carbons (Fsp3) is 1.00. The summed E-state index contributed by atoms with van der Waals surface area (Å²) in [6, 6.07) is 0. The number of fused-ring (bicyclic) bond motifs is 3. The third kappa shape index (κ3) is 1.10. The lowest BCUT2D eigenvalue weighted by Crippen LogP contribution is -2.47. The van der Waals surface area contributed by atoms with Crippen LogP contribution in [0.3, 0.4) is 0 Å². The molecule has 0 spiro atoms. The lowest BCUT2D eigenvalue weighted by molar-refractivity contribution is -0.107. The summed E-state index contributed by atoms with van der Waals surface area (Å²) in [6.45, 7) is 4.69. The number of aliphatic hydroxyl groups is 1. The molecule has 0 amide bonds. The first-order valence-corrected chi connectivity index (χ1v) is 5.29. The van der Waals surface area contributed by atoms with E-state index >= 15 is 0 Å². The van der Waals surface area contributed by atoms with Crippen LogP contribution in [0.15, 0.2) is 0 Å². The lowest BCUT2D eigenvalue weighted by Gasteiger charge is -2.53. The largest absolute Gasteiger partial charge is 0.390 e. The first kappa shape index (κ1) is 8.55. The van der Waals surface area contributed by atoms with Gasteiger partial charge in [-0.2, -0.15) is 0 Å². The van der Waals surface area contributed by atoms with Crippen molar-refractivity contribution in [3.8, 4) is 0 Å². The fourth-order valence-corrected chi connectivity index (χ4v) is 3.06. The summed E-state index contributed by atoms with van der Waals surface area (Å²) >= 11 is 0. The molecule has 12 heavy (non-hydrogen) atoms. The molecule has 0 unspecified atom stereocenters. The van der Waals surface area contributed by atoms with Gasteiger partial charge in [0.2, 0.25) is 0 Å². The Morgan fingerprint density at radius 1 is 0.917 bits per heavy atom. The van der Waals surface area contributed by atoms with Gasteiger partial charge in [0, 0.05) is 0 Å². The van der Waals surface area contributed by atoms with Crippen molar-refractivity contribution in [3.05, 3.63) is 0 Å². The lowest BCUT2D eigenvalue weighted by atomic mass is 9.55. The third-order valence-electron chi connectivity index (χ3n) is 4.49. The van der Waals surface area contributed by atoms with Crippen LogP contribution in [0.4, 0.5) is 0 Å². The van der Waals surface area contributed by atoms with E-state index in [1.807, 2.05) is 0 Å². The second-order valence-corrected chi connectivity index (χ2v) is 5.24. The minimum absolute atomic E-state index is 0.253. The van der Waals surface area contributed by atoms with Crippen LogP contribution < -0.4 is 0 Å². The van der Waals surface area contributed by atoms with E-state index in [4.69, 9.17) is 0 Å². The van der Waals surface area contributed by atoms with Gasteiger partial charge in [-0.15, -0.1) is 0 Å². The van der Waals surface area contributed by atoms with E-state index in [9.17, 15) is 5.11 Å². The van der Waals surface area contributed by atoms with Crippen LogP contribution >= 0.6 is 0 Å². The molecule has 0 saturated heterocycles. The summed E-state index contributed by atoms with van der Waals surface area (Å²) in [5.41, 5.74) is 0.348. The molecule has 3 aliphatic carbocycles. The first-order valence-electron chi connectivity index (χ1n) is 5.29. The molecule has 0 aromatic carbocycles. The Morgan fingerprint density at radius 3 is 1.67 bits per heavy atom. The van der Waals surface area contributed by atoms with E-state index in [1.54, 1.807) is 0 Å². The molecule has 0 aliphatic heterocycles. The summed E-state index contributed by atoms with van der Waals surface area (Å²) in [6.07, 6.45) is 6.98. The molecule has 1 heteroatoms. The summed E-state index contributed by atoms with van der Waals surface area (Å²) in [7, 11) is 0. The maximum Gasteiger partial charge on any atom is 0.0648 e. The van der Waals surface area contributed by atoms with Crippen molar-refractivity contribution in [1.29, 1.82) is 0 Å². The highest BCUT2D eigenvalue weighted by Crippen LogP contribution is 2.55. The quantitative estimate of drug-likeness (QED) is 0.638. The van der Waals surface area contributed by atoms with Gasteiger partial charge in [0.05, 0.1) is 5.60 Å². The monoisotopic (exact) mass is 168 g/mol. The molecule has 0 atom stereocenters. The molecule has 3 fully saturated rings. The number of rotatable bonds is 1. The Morgan fingerprint density at radius 2 is 1.33 bits per heavy atom. The summed E-state index contributed by atoms with van der Waals surface area (Å²) < 4.78 is 0. The Labute approximate surface area is 75.2 Å². The van der Waals surface area contributed by atoms with E-state index in [0.29, 0.717) is 5.41 Å². The second kappa shape index (κ2) is 2.47. The molecule has 3 aliphatic rings. The van der Waals surface area contributed by atoms with Crippen molar-refractivity contribution in [2.45, 2.75) is 58.0 Å². The number of hydrogen-bond donors (Lipinski definition) is 1. The van der Waals surface area contributed by atoms with Gasteiger partial charge in [0.25, 0.3) is 0 Å². The average molecular weight is 168 g/mol. The van der Waals surface area contributed by atoms with Gasteiger partial charge in [0.15, 0.2) is 0 Å². The fourth-order valence-electron chi connectivity index (χ4n) is 3.06. The summed E-state index contributed by atoms with van der Waals surface area (Å²) in [4.78, 5) is 0. The zero-order valence-electron chi connectivity index (χ0n) is 8.27. The van der Waals surface area contributed by atoms with E-state index < -0.39 is 0 Å². The highest BCUT2D eigenvalue weighted by molar-refractivity contribution is 5.00. The minimum Gasteiger partial charge on any atom is -0.390 e. The van der Waals surface area contributed by atoms with Crippen molar-refractivity contribution >= 4 is 0 Å². The van der Waals surface area contributed by atoms with E-state index in [1.165, 1.54) is 19.3 Å². The van der Waals surface area contributed by atoms with E-state index in [-0.39, 0.29) is 5.60 Å². The normalized spacial score (nSPS) is 47.0. The maximum atomic E-state index is 10.0. The Hall–Kier alpha value is -0.0400. The highest BCUT2D eigenvalue weighted by Gasteiger charge is 2.48. The van der Waals surface area contributed by atoms with Crippen LogP contribution in [-0.2, 0) is 0 Å². The molecule has 3 saturated carbocycles. The zero-order chi connectivity index (χ0) is 8.82. The Balaban J connectivity index is 2.14. The van der Waals surface area contributed by atoms with Crippen molar-refractivity contribution in [3.63, 3.8) is 0 Å². The molecular weight excluding hydrogens is 148 g/mol. The van der Waals surface area contributed by atoms with E-state index in [0.717, 1.165) is 25.2 Å². The molecule has 0 radical (unpaired) electrons. The third-order valence-corrected chi connectivity index (χ3v) is 4.49. The topological polar surface area (TPSA) is 20.2 Å². The van der Waals surface area contributed by atoms with Gasteiger partial charge < -0.3 is 5.11 Å². The SMILES string of the molecule is CC(C)C12CCC(O)(CC1)CC2. The molecule has 1 N–H and O–H groups in total. The van der Waals surface area contributed by atoms with Crippen LogP contribution in [0.2, 0.25) is 0 Å². The van der Waals surface area contributed by atoms with Crippen molar-refractivity contribution in [1.82, 2.24) is 0 Å². The maximum absolute atomic E-state index is 10.0. The molecule has 0 aromatic heterocycles. The van der Waals surface area contributed by atoms with Crippen LogP contribution in [0.5, 0.6) is 0 Å². The van der Waals surface area contributed by atoms with Gasteiger partial charge in [-0.25, -0.2) is 0 Å². The highest BCUT2D eigenvalue weighted by atomic mass is 16.3. The van der Waals surface area contributed by atoms with Crippen LogP contribution in [0.1, 0.15) is 52.4 Å². The van der Waals surface area contributed by atoms with Gasteiger partial charge in [-0.3, -0.25) is 0 Å². The molecule has 2 bridgehead atoms. The van der Waals surface area contributed by atoms with E-state index in [2.05, 4.69) is 13.8 Å². The molecule has 1 nitrogen and oxygen atoms in total. The van der Waals surface area contributed by atoms with Crippen LogP contribution in [0.25, 0.3) is 0 Å². The smallest absolute Gasteiger partial charge is 0.0648 e. The van der Waals surface area contributed by atoms with Gasteiger partial charge in [0.1, 0.15) is 0 Å². The summed E-state index contributed by atoms with van der Waals surface area (Å²) in [5, 5.41) is 10.0. The zero-order valence-corrected chi connectivity index (χ0v) is 8.27. The first-order chi connectivity index (χ1) is 5.56. The van der Waals surface area contributed by atoms with Crippen LogP contribution in [-0.4, -0.2) is 10.7 Å². The van der Waals surface area contributed by atoms with Crippen molar-refractivity contribution in [2.75, 3.05) is 0 Å². The average Bonchev–Trinajstić information content (AvgIpc) is 2.06. The predicted molar refractivity (Wildman–Crippen MR) is 49.9 cm³/mol. The molecule has 0 heterocycles. The molecule has 3 rings (SSSR count). The van der Waals surface area contributed by atoms with Crippen molar-refractivity contribution in [2.24, 2.45) is 11.3 Å². The molecular formula is C11H20O. The predicted octanol–water partition coefficient (Wildman–Crippen LogP) is 2.73.